The van der Waals surface area contributed by atoms with Crippen LogP contribution >= 0.6 is 0 Å². The molecule has 3 rings (SSSR count). The predicted molar refractivity (Wildman–Crippen MR) is 99.9 cm³/mol. The van der Waals surface area contributed by atoms with Crippen molar-refractivity contribution in [2.24, 2.45) is 11.3 Å². The number of likely N-dealkylation sites (tertiary alicyclic amines) is 1. The summed E-state index contributed by atoms with van der Waals surface area (Å²) >= 11 is 0. The van der Waals surface area contributed by atoms with E-state index in [2.05, 4.69) is 43.0 Å². The number of carboxylic acid groups (broad SMARTS) is 1. The first-order valence-electron chi connectivity index (χ1n) is 9.33. The Bertz CT molecular complexity index is 674. The highest BCUT2D eigenvalue weighted by Crippen LogP contribution is 2.35. The van der Waals surface area contributed by atoms with E-state index in [9.17, 15) is 9.90 Å². The van der Waals surface area contributed by atoms with Gasteiger partial charge in [-0.2, -0.15) is 0 Å². The Morgan fingerprint density at radius 1 is 1.40 bits per heavy atom. The van der Waals surface area contributed by atoms with Crippen LogP contribution in [-0.2, 0) is 11.2 Å². The fourth-order valence-corrected chi connectivity index (χ4v) is 3.77. The molecule has 1 aromatic rings. The average molecular weight is 343 g/mol. The van der Waals surface area contributed by atoms with Gasteiger partial charge in [0.05, 0.1) is 12.0 Å². The van der Waals surface area contributed by atoms with Crippen molar-refractivity contribution in [3.05, 3.63) is 34.9 Å². The minimum atomic E-state index is -0.685. The van der Waals surface area contributed by atoms with Crippen molar-refractivity contribution in [1.29, 1.82) is 0 Å². The van der Waals surface area contributed by atoms with E-state index >= 15 is 0 Å². The highest BCUT2D eigenvalue weighted by molar-refractivity contribution is 5.76. The smallest absolute Gasteiger partial charge is 0.311 e. The summed E-state index contributed by atoms with van der Waals surface area (Å²) in [5.74, 6) is 0.765. The molecule has 1 aromatic carbocycles. The van der Waals surface area contributed by atoms with Crippen LogP contribution in [0, 0.1) is 11.3 Å². The third-order valence-corrected chi connectivity index (χ3v) is 5.45. The summed E-state index contributed by atoms with van der Waals surface area (Å²) in [6.07, 6.45) is 5.54. The number of fused-ring (bicyclic) bond motifs is 1. The molecular formula is C21H29NO3. The highest BCUT2D eigenvalue weighted by atomic mass is 16.5. The molecule has 1 atom stereocenters. The summed E-state index contributed by atoms with van der Waals surface area (Å²) in [4.78, 5) is 13.5. The van der Waals surface area contributed by atoms with Crippen LogP contribution < -0.4 is 4.74 Å². The van der Waals surface area contributed by atoms with Gasteiger partial charge >= 0.3 is 5.97 Å². The van der Waals surface area contributed by atoms with Crippen LogP contribution in [0.1, 0.15) is 44.7 Å². The van der Waals surface area contributed by atoms with Gasteiger partial charge in [0, 0.05) is 19.6 Å². The molecule has 1 fully saturated rings. The van der Waals surface area contributed by atoms with E-state index in [1.807, 2.05) is 6.92 Å². The lowest BCUT2D eigenvalue weighted by molar-refractivity contribution is -0.158. The van der Waals surface area contributed by atoms with Gasteiger partial charge < -0.3 is 9.84 Å². The van der Waals surface area contributed by atoms with Crippen molar-refractivity contribution in [1.82, 2.24) is 4.90 Å². The van der Waals surface area contributed by atoms with Crippen LogP contribution in [0.3, 0.4) is 0 Å². The maximum Gasteiger partial charge on any atom is 0.311 e. The molecule has 0 saturated carbocycles. The molecule has 4 heteroatoms. The molecule has 0 bridgehead atoms. The second-order valence-electron chi connectivity index (χ2n) is 7.90. The molecule has 1 aliphatic carbocycles. The Hall–Kier alpha value is -1.81. The standard InChI is InChI=1S/C21H29NO3/c1-4-5-8-25-19-7-6-16-10-18(15(2)9-17(16)11-19)12-22-13-21(3,14-22)20(23)24/h6-7,10-11,15H,4-5,8-9,12-14H2,1-3H3,(H,23,24)/t15-/m1/s1. The lowest BCUT2D eigenvalue weighted by Gasteiger charge is -2.46. The minimum absolute atomic E-state index is 0.482. The van der Waals surface area contributed by atoms with Crippen LogP contribution in [0.25, 0.3) is 6.08 Å². The quantitative estimate of drug-likeness (QED) is 0.764. The first-order chi connectivity index (χ1) is 11.9. The van der Waals surface area contributed by atoms with Crippen LogP contribution in [-0.4, -0.2) is 42.2 Å². The molecule has 25 heavy (non-hydrogen) atoms. The van der Waals surface area contributed by atoms with E-state index in [1.54, 1.807) is 0 Å². The molecule has 0 amide bonds. The molecule has 4 nitrogen and oxygen atoms in total. The summed E-state index contributed by atoms with van der Waals surface area (Å²) in [7, 11) is 0. The third-order valence-electron chi connectivity index (χ3n) is 5.45. The van der Waals surface area contributed by atoms with Gasteiger partial charge in [0.15, 0.2) is 0 Å². The van der Waals surface area contributed by atoms with Crippen molar-refractivity contribution >= 4 is 12.0 Å². The predicted octanol–water partition coefficient (Wildman–Crippen LogP) is 3.85. The van der Waals surface area contributed by atoms with Gasteiger partial charge in [0.1, 0.15) is 5.75 Å². The second-order valence-corrected chi connectivity index (χ2v) is 7.90. The van der Waals surface area contributed by atoms with E-state index in [4.69, 9.17) is 4.74 Å². The van der Waals surface area contributed by atoms with Crippen molar-refractivity contribution in [3.8, 4) is 5.75 Å². The third kappa shape index (κ3) is 3.90. The Morgan fingerprint density at radius 3 is 2.84 bits per heavy atom. The van der Waals surface area contributed by atoms with Gasteiger partial charge in [-0.15, -0.1) is 0 Å². The second kappa shape index (κ2) is 7.20. The number of nitrogens with zero attached hydrogens (tertiary/aromatic N) is 1. The fraction of sp³-hybridized carbons (Fsp3) is 0.571. The van der Waals surface area contributed by atoms with E-state index in [-0.39, 0.29) is 0 Å². The van der Waals surface area contributed by atoms with E-state index in [0.29, 0.717) is 19.0 Å². The van der Waals surface area contributed by atoms with Crippen molar-refractivity contribution in [3.63, 3.8) is 0 Å². The van der Waals surface area contributed by atoms with Crippen LogP contribution in [0.5, 0.6) is 5.75 Å². The number of unbranched alkanes of at least 4 members (excludes halogenated alkanes) is 1. The maximum atomic E-state index is 11.2. The zero-order chi connectivity index (χ0) is 18.0. The fourth-order valence-electron chi connectivity index (χ4n) is 3.77. The van der Waals surface area contributed by atoms with Gasteiger partial charge in [-0.25, -0.2) is 0 Å². The Kier molecular flexibility index (Phi) is 5.19. The summed E-state index contributed by atoms with van der Waals surface area (Å²) < 4.78 is 5.83. The maximum absolute atomic E-state index is 11.2. The molecule has 1 heterocycles. The zero-order valence-electron chi connectivity index (χ0n) is 15.5. The number of carbonyl (C=O) groups is 1. The molecule has 136 valence electrons. The largest absolute Gasteiger partial charge is 0.494 e. The van der Waals surface area contributed by atoms with Crippen molar-refractivity contribution in [2.75, 3.05) is 26.2 Å². The molecule has 1 saturated heterocycles. The van der Waals surface area contributed by atoms with Gasteiger partial charge in [-0.05, 0) is 48.9 Å². The lowest BCUT2D eigenvalue weighted by atomic mass is 9.79. The van der Waals surface area contributed by atoms with Crippen LogP contribution in [0.15, 0.2) is 23.8 Å². The summed E-state index contributed by atoms with van der Waals surface area (Å²) in [5, 5.41) is 9.25. The summed E-state index contributed by atoms with van der Waals surface area (Å²) in [6.45, 7) is 9.20. The summed E-state index contributed by atoms with van der Waals surface area (Å²) in [6, 6.07) is 6.39. The van der Waals surface area contributed by atoms with E-state index in [0.717, 1.165) is 38.2 Å². The van der Waals surface area contributed by atoms with Crippen LogP contribution in [0.2, 0.25) is 0 Å². The number of rotatable bonds is 7. The molecule has 1 N–H and O–H groups in total. The number of benzene rings is 1. The normalized spacial score (nSPS) is 21.9. The Morgan fingerprint density at radius 2 is 2.16 bits per heavy atom. The molecule has 0 aromatic heterocycles. The van der Waals surface area contributed by atoms with E-state index in [1.165, 1.54) is 16.7 Å². The van der Waals surface area contributed by atoms with Gasteiger partial charge in [-0.1, -0.05) is 38.0 Å². The number of hydrogen-bond acceptors (Lipinski definition) is 3. The highest BCUT2D eigenvalue weighted by Gasteiger charge is 2.45. The number of ether oxygens (including phenoxy) is 1. The van der Waals surface area contributed by atoms with Gasteiger partial charge in [0.25, 0.3) is 0 Å². The monoisotopic (exact) mass is 343 g/mol. The van der Waals surface area contributed by atoms with Crippen molar-refractivity contribution in [2.45, 2.75) is 40.0 Å². The van der Waals surface area contributed by atoms with Crippen LogP contribution in [0.4, 0.5) is 0 Å². The molecule has 0 spiro atoms. The first kappa shape index (κ1) is 18.0. The van der Waals surface area contributed by atoms with Gasteiger partial charge in [-0.3, -0.25) is 9.69 Å². The number of hydrogen-bond donors (Lipinski definition) is 1. The molecule has 0 unspecified atom stereocenters. The first-order valence-corrected chi connectivity index (χ1v) is 9.33. The molecule has 0 radical (unpaired) electrons. The topological polar surface area (TPSA) is 49.8 Å². The Labute approximate surface area is 150 Å². The average Bonchev–Trinajstić information content (AvgIpc) is 2.54. The molecule has 2 aliphatic rings. The lowest BCUT2D eigenvalue weighted by Crippen LogP contribution is -2.59. The minimum Gasteiger partial charge on any atom is -0.494 e. The molecule has 1 aliphatic heterocycles. The van der Waals surface area contributed by atoms with Crippen molar-refractivity contribution < 1.29 is 14.6 Å². The van der Waals surface area contributed by atoms with Gasteiger partial charge in [0.2, 0.25) is 0 Å². The Balaban J connectivity index is 1.65. The molecular weight excluding hydrogens is 314 g/mol. The number of aliphatic carboxylic acids is 1. The van der Waals surface area contributed by atoms with E-state index < -0.39 is 11.4 Å². The zero-order valence-corrected chi connectivity index (χ0v) is 15.5. The number of carboxylic acids is 1. The summed E-state index contributed by atoms with van der Waals surface area (Å²) in [5.41, 5.74) is 3.46. The SMILES string of the molecule is CCCCOc1ccc2c(c1)C[C@@H](C)C(CN1CC(C)(C(=O)O)C1)=C2.